The molecule has 186 valence electrons. The molecule has 0 aromatic heterocycles. The third-order valence-corrected chi connectivity index (χ3v) is 7.49. The molecule has 0 saturated carbocycles. The van der Waals surface area contributed by atoms with Gasteiger partial charge in [0.15, 0.2) is 0 Å². The van der Waals surface area contributed by atoms with Crippen LogP contribution in [0, 0.1) is 0 Å². The summed E-state index contributed by atoms with van der Waals surface area (Å²) < 4.78 is 2.30. The first-order valence-corrected chi connectivity index (χ1v) is 13.7. The van der Waals surface area contributed by atoms with Crippen LogP contribution in [0.2, 0.25) is 0 Å². The maximum atomic E-state index is 12.8. The number of nitrogen functional groups attached to an aromatic ring is 1. The van der Waals surface area contributed by atoms with Crippen molar-refractivity contribution >= 4 is 38.3 Å². The van der Waals surface area contributed by atoms with Gasteiger partial charge in [-0.25, -0.2) is 0 Å². The van der Waals surface area contributed by atoms with Crippen LogP contribution in [0.1, 0.15) is 71.1 Å². The molecule has 2 aliphatic rings. The molecule has 3 aromatic rings. The summed E-state index contributed by atoms with van der Waals surface area (Å²) >= 11 is 0. The molecule has 3 aromatic carbocycles. The fourth-order valence-corrected chi connectivity index (χ4v) is 5.53. The van der Waals surface area contributed by atoms with Crippen molar-refractivity contribution in [3.8, 4) is 11.3 Å². The SMILES string of the molecule is CCCCCCCCCCCCn1c2cc(N)nc(=O)c-2cc2cc3cc4ccccc4cc3cc21. The summed E-state index contributed by atoms with van der Waals surface area (Å²) in [5, 5.41) is 5.92. The fraction of sp³-hybridized carbons (Fsp3) is 0.375. The molecule has 0 fully saturated rings. The summed E-state index contributed by atoms with van der Waals surface area (Å²) in [6.07, 6.45) is 13.0. The minimum absolute atomic E-state index is 0.248. The monoisotopic (exact) mass is 479 g/mol. The van der Waals surface area contributed by atoms with Gasteiger partial charge in [0.25, 0.3) is 5.56 Å². The van der Waals surface area contributed by atoms with Crippen molar-refractivity contribution in [3.05, 3.63) is 71.0 Å². The van der Waals surface area contributed by atoms with Crippen LogP contribution in [0.15, 0.2) is 65.5 Å². The van der Waals surface area contributed by atoms with Gasteiger partial charge in [-0.05, 0) is 63.7 Å². The first-order chi connectivity index (χ1) is 17.6. The highest BCUT2D eigenvalue weighted by molar-refractivity contribution is 6.05. The molecule has 0 unspecified atom stereocenters. The van der Waals surface area contributed by atoms with Gasteiger partial charge >= 0.3 is 0 Å². The van der Waals surface area contributed by atoms with E-state index in [1.807, 2.05) is 12.1 Å². The van der Waals surface area contributed by atoms with Gasteiger partial charge in [0.1, 0.15) is 5.82 Å². The molecule has 0 aliphatic carbocycles. The minimum atomic E-state index is -0.248. The summed E-state index contributed by atoms with van der Waals surface area (Å²) in [6, 6.07) is 21.3. The second-order valence-corrected chi connectivity index (χ2v) is 10.2. The van der Waals surface area contributed by atoms with E-state index in [2.05, 4.69) is 65.0 Å². The molecule has 0 saturated heterocycles. The van der Waals surface area contributed by atoms with Gasteiger partial charge in [0.2, 0.25) is 0 Å². The summed E-state index contributed by atoms with van der Waals surface area (Å²) in [4.78, 5) is 16.8. The zero-order valence-electron chi connectivity index (χ0n) is 21.4. The Bertz CT molecular complexity index is 1520. The number of benzene rings is 3. The maximum Gasteiger partial charge on any atom is 0.281 e. The summed E-state index contributed by atoms with van der Waals surface area (Å²) in [7, 11) is 0. The predicted octanol–water partition coefficient (Wildman–Crippen LogP) is 8.31. The third kappa shape index (κ3) is 5.23. The number of anilines is 1. The van der Waals surface area contributed by atoms with Crippen molar-refractivity contribution in [1.29, 1.82) is 0 Å². The Kier molecular flexibility index (Phi) is 7.50. The number of pyridine rings is 2. The van der Waals surface area contributed by atoms with E-state index in [0.717, 1.165) is 29.6 Å². The van der Waals surface area contributed by atoms with Crippen molar-refractivity contribution in [2.45, 2.75) is 77.7 Å². The Morgan fingerprint density at radius 3 is 1.94 bits per heavy atom. The zero-order valence-corrected chi connectivity index (χ0v) is 21.4. The van der Waals surface area contributed by atoms with Gasteiger partial charge in [-0.2, -0.15) is 4.98 Å². The molecule has 2 N–H and O–H groups in total. The molecule has 4 nitrogen and oxygen atoms in total. The van der Waals surface area contributed by atoms with Crippen molar-refractivity contribution in [3.63, 3.8) is 0 Å². The van der Waals surface area contributed by atoms with Crippen molar-refractivity contribution < 1.29 is 0 Å². The predicted molar refractivity (Wildman–Crippen MR) is 154 cm³/mol. The maximum absolute atomic E-state index is 12.8. The lowest BCUT2D eigenvalue weighted by atomic mass is 9.99. The molecule has 2 aliphatic heterocycles. The smallest absolute Gasteiger partial charge is 0.281 e. The van der Waals surface area contributed by atoms with Gasteiger partial charge in [0, 0.05) is 18.1 Å². The number of unbranched alkanes of at least 4 members (excludes halogenated alkanes) is 9. The average molecular weight is 480 g/mol. The molecule has 0 amide bonds. The fourth-order valence-electron chi connectivity index (χ4n) is 5.53. The summed E-state index contributed by atoms with van der Waals surface area (Å²) in [5.41, 5.74) is 8.44. The lowest BCUT2D eigenvalue weighted by Crippen LogP contribution is -2.17. The van der Waals surface area contributed by atoms with Crippen LogP contribution in [-0.4, -0.2) is 9.55 Å². The van der Waals surface area contributed by atoms with E-state index in [0.29, 0.717) is 5.56 Å². The molecular weight excluding hydrogens is 442 g/mol. The number of hydrogen-bond acceptors (Lipinski definition) is 3. The van der Waals surface area contributed by atoms with Crippen LogP contribution >= 0.6 is 0 Å². The van der Waals surface area contributed by atoms with Gasteiger partial charge in [-0.15, -0.1) is 0 Å². The standard InChI is InChI=1S/C32H37N3O/c1-2-3-4-5-6-7-8-9-10-13-16-35-29-21-26-18-24-15-12-11-14-23(24)17-25(26)19-27(29)20-28-30(35)22-31(33)34-32(28)36/h11-12,14-15,17-22H,2-10,13,16H2,1H3,(H2,33,34,36). The van der Waals surface area contributed by atoms with Crippen LogP contribution in [-0.2, 0) is 6.54 Å². The molecule has 5 rings (SSSR count). The third-order valence-electron chi connectivity index (χ3n) is 7.49. The molecular formula is C32H37N3O. The number of hydrogen-bond donors (Lipinski definition) is 1. The Hall–Kier alpha value is -3.40. The second kappa shape index (κ2) is 11.1. The lowest BCUT2D eigenvalue weighted by molar-refractivity contribution is 0.539. The number of nitrogens with two attached hydrogens (primary N) is 1. The molecule has 0 atom stereocenters. The van der Waals surface area contributed by atoms with Crippen molar-refractivity contribution in [1.82, 2.24) is 9.55 Å². The van der Waals surface area contributed by atoms with Gasteiger partial charge in [0.05, 0.1) is 11.3 Å². The highest BCUT2D eigenvalue weighted by atomic mass is 16.1. The molecule has 2 heterocycles. The minimum Gasteiger partial charge on any atom is -0.384 e. The molecule has 0 radical (unpaired) electrons. The number of fused-ring (bicyclic) bond motifs is 4. The topological polar surface area (TPSA) is 60.9 Å². The van der Waals surface area contributed by atoms with Crippen LogP contribution in [0.3, 0.4) is 0 Å². The van der Waals surface area contributed by atoms with E-state index in [1.165, 1.54) is 79.3 Å². The number of aryl methyl sites for hydroxylation is 1. The van der Waals surface area contributed by atoms with Gasteiger partial charge < -0.3 is 10.3 Å². The average Bonchev–Trinajstić information content (AvgIpc) is 2.87. The Morgan fingerprint density at radius 2 is 1.28 bits per heavy atom. The molecule has 0 spiro atoms. The highest BCUT2D eigenvalue weighted by Gasteiger charge is 2.16. The van der Waals surface area contributed by atoms with Gasteiger partial charge in [-0.1, -0.05) is 89.0 Å². The van der Waals surface area contributed by atoms with E-state index in [9.17, 15) is 4.79 Å². The van der Waals surface area contributed by atoms with E-state index < -0.39 is 0 Å². The van der Waals surface area contributed by atoms with Crippen LogP contribution in [0.5, 0.6) is 0 Å². The van der Waals surface area contributed by atoms with Crippen LogP contribution < -0.4 is 11.3 Å². The molecule has 4 heteroatoms. The first-order valence-electron chi connectivity index (χ1n) is 13.7. The van der Waals surface area contributed by atoms with Crippen LogP contribution in [0.4, 0.5) is 5.82 Å². The number of rotatable bonds is 11. The van der Waals surface area contributed by atoms with E-state index >= 15 is 0 Å². The Morgan fingerprint density at radius 1 is 0.694 bits per heavy atom. The van der Waals surface area contributed by atoms with E-state index in [4.69, 9.17) is 5.73 Å². The molecule has 0 bridgehead atoms. The van der Waals surface area contributed by atoms with Crippen molar-refractivity contribution in [2.75, 3.05) is 5.73 Å². The normalized spacial score (nSPS) is 11.8. The second-order valence-electron chi connectivity index (χ2n) is 10.2. The largest absolute Gasteiger partial charge is 0.384 e. The molecule has 36 heavy (non-hydrogen) atoms. The lowest BCUT2D eigenvalue weighted by Gasteiger charge is -2.20. The Labute approximate surface area is 213 Å². The van der Waals surface area contributed by atoms with Gasteiger partial charge in [-0.3, -0.25) is 4.79 Å². The van der Waals surface area contributed by atoms with E-state index in [1.54, 1.807) is 0 Å². The highest BCUT2D eigenvalue weighted by Crippen LogP contribution is 2.32. The summed E-state index contributed by atoms with van der Waals surface area (Å²) in [6.45, 7) is 3.14. The first kappa shape index (κ1) is 24.3. The summed E-state index contributed by atoms with van der Waals surface area (Å²) in [5.74, 6) is 0.287. The number of aromatic nitrogens is 2. The quantitative estimate of drug-likeness (QED) is 0.153. The number of nitrogens with zero attached hydrogens (tertiary/aromatic N) is 2. The Balaban J connectivity index is 1.43. The van der Waals surface area contributed by atoms with Crippen molar-refractivity contribution in [2.24, 2.45) is 0 Å². The van der Waals surface area contributed by atoms with E-state index in [-0.39, 0.29) is 11.4 Å². The van der Waals surface area contributed by atoms with Crippen LogP contribution in [0.25, 0.3) is 43.7 Å². The zero-order chi connectivity index (χ0) is 24.9.